The second-order valence-electron chi connectivity index (χ2n) is 11.7. The number of hydrogen-bond acceptors (Lipinski definition) is 2. The highest BCUT2D eigenvalue weighted by Gasteiger charge is 2.26. The maximum atomic E-state index is 15.4. The Balaban J connectivity index is 1.22. The molecule has 0 atom stereocenters. The Labute approximate surface area is 281 Å². The zero-order valence-electron chi connectivity index (χ0n) is 25.4. The van der Waals surface area contributed by atoms with Crippen LogP contribution in [0.15, 0.2) is 85.0 Å². The number of sulfone groups is 1. The van der Waals surface area contributed by atoms with Crippen molar-refractivity contribution in [3.8, 4) is 0 Å². The van der Waals surface area contributed by atoms with Crippen LogP contribution in [0.4, 0.5) is 17.6 Å². The van der Waals surface area contributed by atoms with E-state index in [1.165, 1.54) is 0 Å². The lowest BCUT2D eigenvalue weighted by Crippen LogP contribution is -2.13. The summed E-state index contributed by atoms with van der Waals surface area (Å²) in [6.07, 6.45) is 8.62. The van der Waals surface area contributed by atoms with E-state index < -0.39 is 55.7 Å². The molecule has 0 aliphatic heterocycles. The Kier molecular flexibility index (Phi) is 9.09. The number of hydrogen-bond donors (Lipinski definition) is 0. The van der Waals surface area contributed by atoms with Gasteiger partial charge in [-0.2, -0.15) is 0 Å². The topological polar surface area (TPSA) is 34.1 Å². The van der Waals surface area contributed by atoms with Crippen LogP contribution >= 0.6 is 23.2 Å². The van der Waals surface area contributed by atoms with Gasteiger partial charge in [0.15, 0.2) is 9.84 Å². The van der Waals surface area contributed by atoms with E-state index in [9.17, 15) is 8.42 Å². The first-order valence-electron chi connectivity index (χ1n) is 14.8. The first-order chi connectivity index (χ1) is 22.3. The Morgan fingerprint density at radius 3 is 1.17 bits per heavy atom. The molecular weight excluding hydrogens is 667 g/mol. The minimum absolute atomic E-state index is 0.244. The van der Waals surface area contributed by atoms with E-state index in [0.29, 0.717) is 34.0 Å². The quantitative estimate of drug-likeness (QED) is 0.172. The monoisotopic (exact) mass is 694 g/mol. The van der Waals surface area contributed by atoms with Crippen LogP contribution in [0, 0.1) is 37.1 Å². The van der Waals surface area contributed by atoms with Gasteiger partial charge in [0.2, 0.25) is 0 Å². The molecule has 2 aliphatic carbocycles. The van der Waals surface area contributed by atoms with E-state index in [2.05, 4.69) is 0 Å². The van der Waals surface area contributed by atoms with Gasteiger partial charge in [-0.1, -0.05) is 59.6 Å². The van der Waals surface area contributed by atoms with E-state index in [1.54, 1.807) is 12.1 Å². The van der Waals surface area contributed by atoms with Crippen LogP contribution in [0.1, 0.15) is 57.3 Å². The SMILES string of the molecule is Cc1cc(C2=CCC=C2c2cc(F)c(CS(=O)(=O)Cc3c(F)cc(C4=CCC=C4c4ccc(Cl)c(C)c4)cc3F)c(F)c2)ccc1Cl. The lowest BCUT2D eigenvalue weighted by Gasteiger charge is -2.15. The first-order valence-corrected chi connectivity index (χ1v) is 17.4. The predicted octanol–water partition coefficient (Wildman–Crippen LogP) is 11.0. The lowest BCUT2D eigenvalue weighted by atomic mass is 9.93. The average molecular weight is 696 g/mol. The van der Waals surface area contributed by atoms with Gasteiger partial charge < -0.3 is 0 Å². The summed E-state index contributed by atoms with van der Waals surface area (Å²) in [5.41, 5.74) is 5.21. The smallest absolute Gasteiger partial charge is 0.159 e. The molecule has 4 aromatic carbocycles. The summed E-state index contributed by atoms with van der Waals surface area (Å²) >= 11 is 12.3. The summed E-state index contributed by atoms with van der Waals surface area (Å²) in [5, 5.41) is 1.19. The summed E-state index contributed by atoms with van der Waals surface area (Å²) in [7, 11) is -4.40. The van der Waals surface area contributed by atoms with Gasteiger partial charge in [0.05, 0.1) is 11.5 Å². The number of halogens is 6. The van der Waals surface area contributed by atoms with Gasteiger partial charge in [-0.25, -0.2) is 26.0 Å². The van der Waals surface area contributed by atoms with Crippen molar-refractivity contribution in [1.82, 2.24) is 0 Å². The van der Waals surface area contributed by atoms with Crippen molar-refractivity contribution in [2.45, 2.75) is 38.2 Å². The number of allylic oxidation sites excluding steroid dienone is 8. The van der Waals surface area contributed by atoms with Gasteiger partial charge in [0, 0.05) is 21.2 Å². The van der Waals surface area contributed by atoms with Gasteiger partial charge >= 0.3 is 0 Å². The van der Waals surface area contributed by atoms with Gasteiger partial charge in [0.25, 0.3) is 0 Å². The molecule has 4 aromatic rings. The van der Waals surface area contributed by atoms with Crippen molar-refractivity contribution in [3.63, 3.8) is 0 Å². The van der Waals surface area contributed by atoms with Crippen molar-refractivity contribution in [3.05, 3.63) is 163 Å². The van der Waals surface area contributed by atoms with E-state index in [1.807, 2.05) is 62.4 Å². The fourth-order valence-corrected chi connectivity index (χ4v) is 7.80. The van der Waals surface area contributed by atoms with Gasteiger partial charge in [-0.3, -0.25) is 0 Å². The van der Waals surface area contributed by atoms with Crippen molar-refractivity contribution in [2.75, 3.05) is 0 Å². The molecule has 0 spiro atoms. The average Bonchev–Trinajstić information content (AvgIpc) is 3.70. The predicted molar refractivity (Wildman–Crippen MR) is 183 cm³/mol. The molecule has 0 bridgehead atoms. The fraction of sp³-hybridized carbons (Fsp3) is 0.158. The van der Waals surface area contributed by atoms with Crippen LogP contribution in [0.2, 0.25) is 10.0 Å². The highest BCUT2D eigenvalue weighted by molar-refractivity contribution is 7.89. The van der Waals surface area contributed by atoms with Crippen LogP contribution in [0.5, 0.6) is 0 Å². The van der Waals surface area contributed by atoms with Crippen molar-refractivity contribution in [2.24, 2.45) is 0 Å². The molecule has 0 saturated carbocycles. The molecule has 0 N–H and O–H groups in total. The van der Waals surface area contributed by atoms with Crippen molar-refractivity contribution < 1.29 is 26.0 Å². The minimum Gasteiger partial charge on any atom is -0.228 e. The Bertz CT molecular complexity index is 2000. The molecule has 0 unspecified atom stereocenters. The molecule has 0 aromatic heterocycles. The third-order valence-electron chi connectivity index (χ3n) is 8.44. The Morgan fingerprint density at radius 1 is 0.532 bits per heavy atom. The molecule has 2 aliphatic rings. The molecule has 0 heterocycles. The standard InChI is InChI=1S/C38H28Cl2F4O2S/c1-21-13-23(9-11-33(21)39)27-5-3-7-29(27)25-15-35(41)31(36(42)16-25)19-47(45,46)20-32-37(43)17-26(18-38(32)44)30-8-4-6-28(30)24-10-12-34(40)22(2)14-24/h5-18H,3-4,19-20H2,1-2H3. The molecule has 2 nitrogen and oxygen atoms in total. The van der Waals surface area contributed by atoms with Crippen molar-refractivity contribution >= 4 is 55.3 Å². The summed E-state index contributed by atoms with van der Waals surface area (Å²) in [6, 6.07) is 15.2. The maximum Gasteiger partial charge on any atom is 0.159 e. The molecule has 0 fully saturated rings. The van der Waals surface area contributed by atoms with Gasteiger partial charge in [-0.05, 0) is 131 Å². The fourth-order valence-electron chi connectivity index (χ4n) is 6.03. The number of benzene rings is 4. The van der Waals surface area contributed by atoms with Gasteiger partial charge in [-0.15, -0.1) is 0 Å². The lowest BCUT2D eigenvalue weighted by molar-refractivity contribution is 0.547. The molecule has 9 heteroatoms. The Morgan fingerprint density at radius 2 is 0.851 bits per heavy atom. The highest BCUT2D eigenvalue weighted by atomic mass is 35.5. The zero-order valence-corrected chi connectivity index (χ0v) is 27.7. The summed E-state index contributed by atoms with van der Waals surface area (Å²) in [6.45, 7) is 3.71. The first kappa shape index (κ1) is 33.0. The van der Waals surface area contributed by atoms with E-state index in [-0.39, 0.29) is 11.1 Å². The van der Waals surface area contributed by atoms with Crippen LogP contribution in [0.3, 0.4) is 0 Å². The zero-order chi connectivity index (χ0) is 33.6. The Hall–Kier alpha value is -3.91. The maximum absolute atomic E-state index is 15.4. The van der Waals surface area contributed by atoms with E-state index >= 15 is 17.6 Å². The third-order valence-corrected chi connectivity index (χ3v) is 10.7. The summed E-state index contributed by atoms with van der Waals surface area (Å²) < 4.78 is 87.7. The molecular formula is C38H28Cl2F4O2S. The molecule has 0 saturated heterocycles. The van der Waals surface area contributed by atoms with Crippen LogP contribution in [-0.4, -0.2) is 8.42 Å². The minimum atomic E-state index is -4.40. The van der Waals surface area contributed by atoms with Crippen LogP contribution in [-0.2, 0) is 21.3 Å². The molecule has 47 heavy (non-hydrogen) atoms. The number of aryl methyl sites for hydroxylation is 2. The highest BCUT2D eigenvalue weighted by Crippen LogP contribution is 2.40. The third kappa shape index (κ3) is 6.75. The van der Waals surface area contributed by atoms with E-state index in [4.69, 9.17) is 23.2 Å². The summed E-state index contributed by atoms with van der Waals surface area (Å²) in [4.78, 5) is 0. The molecule has 240 valence electrons. The molecule has 6 rings (SSSR count). The van der Waals surface area contributed by atoms with Crippen molar-refractivity contribution in [1.29, 1.82) is 0 Å². The van der Waals surface area contributed by atoms with Crippen LogP contribution < -0.4 is 0 Å². The number of rotatable bonds is 8. The second kappa shape index (κ2) is 12.9. The largest absolute Gasteiger partial charge is 0.228 e. The van der Waals surface area contributed by atoms with Gasteiger partial charge in [0.1, 0.15) is 23.3 Å². The molecule has 0 radical (unpaired) electrons. The normalized spacial score (nSPS) is 14.6. The summed E-state index contributed by atoms with van der Waals surface area (Å²) in [5.74, 6) is -6.41. The van der Waals surface area contributed by atoms with E-state index in [0.717, 1.165) is 57.7 Å². The second-order valence-corrected chi connectivity index (χ2v) is 14.6. The molecule has 0 amide bonds. The van der Waals surface area contributed by atoms with Crippen LogP contribution in [0.25, 0.3) is 22.3 Å².